The van der Waals surface area contributed by atoms with Crippen LogP contribution in [-0.2, 0) is 16.1 Å². The van der Waals surface area contributed by atoms with Gasteiger partial charge in [0.1, 0.15) is 0 Å². The van der Waals surface area contributed by atoms with Crippen LogP contribution in [0.1, 0.15) is 19.5 Å². The van der Waals surface area contributed by atoms with Crippen LogP contribution in [0, 0.1) is 5.92 Å². The van der Waals surface area contributed by atoms with Crippen molar-refractivity contribution in [2.45, 2.75) is 20.4 Å². The van der Waals surface area contributed by atoms with Gasteiger partial charge in [0.05, 0.1) is 18.9 Å². The number of anilines is 1. The molecule has 128 valence electrons. The summed E-state index contributed by atoms with van der Waals surface area (Å²) in [6.45, 7) is 11.8. The van der Waals surface area contributed by atoms with Gasteiger partial charge in [0.2, 0.25) is 5.91 Å². The molecule has 2 aliphatic rings. The molecule has 0 N–H and O–H groups in total. The van der Waals surface area contributed by atoms with Crippen LogP contribution in [0.3, 0.4) is 0 Å². The molecule has 0 saturated carbocycles. The maximum Gasteiger partial charge on any atom is 0.225 e. The standard InChI is InChI=1S/C16H26N4O2S/c1-13(2)15(21)19-3-5-20(6-4-19)16-17-14(12-23-16)11-18-7-9-22-10-8-18/h12-13H,3-11H2,1-2H3. The summed E-state index contributed by atoms with van der Waals surface area (Å²) in [5, 5.41) is 3.25. The van der Waals surface area contributed by atoms with E-state index in [0.29, 0.717) is 0 Å². The molecule has 0 radical (unpaired) electrons. The molecule has 2 fully saturated rings. The molecule has 6 nitrogen and oxygen atoms in total. The highest BCUT2D eigenvalue weighted by atomic mass is 32.1. The van der Waals surface area contributed by atoms with Crippen LogP contribution in [0.15, 0.2) is 5.38 Å². The molecule has 2 saturated heterocycles. The minimum atomic E-state index is 0.0848. The van der Waals surface area contributed by atoms with Crippen molar-refractivity contribution < 1.29 is 9.53 Å². The Labute approximate surface area is 142 Å². The van der Waals surface area contributed by atoms with E-state index in [2.05, 4.69) is 15.2 Å². The van der Waals surface area contributed by atoms with E-state index in [1.165, 1.54) is 0 Å². The third kappa shape index (κ3) is 4.22. The first-order valence-electron chi connectivity index (χ1n) is 8.41. The summed E-state index contributed by atoms with van der Waals surface area (Å²) in [4.78, 5) is 23.5. The number of nitrogens with zero attached hydrogens (tertiary/aromatic N) is 4. The van der Waals surface area contributed by atoms with E-state index in [0.717, 1.165) is 69.9 Å². The van der Waals surface area contributed by atoms with Crippen LogP contribution in [0.5, 0.6) is 0 Å². The molecule has 0 bridgehead atoms. The fourth-order valence-corrected chi connectivity index (χ4v) is 3.86. The van der Waals surface area contributed by atoms with Gasteiger partial charge in [-0.05, 0) is 0 Å². The zero-order chi connectivity index (χ0) is 16.2. The Morgan fingerprint density at radius 3 is 2.57 bits per heavy atom. The summed E-state index contributed by atoms with van der Waals surface area (Å²) in [5.74, 6) is 0.346. The molecule has 0 unspecified atom stereocenters. The lowest BCUT2D eigenvalue weighted by atomic mass is 10.2. The van der Waals surface area contributed by atoms with Gasteiger partial charge < -0.3 is 14.5 Å². The quantitative estimate of drug-likeness (QED) is 0.828. The fraction of sp³-hybridized carbons (Fsp3) is 0.750. The van der Waals surface area contributed by atoms with E-state index >= 15 is 0 Å². The molecule has 0 aliphatic carbocycles. The molecular weight excluding hydrogens is 312 g/mol. The van der Waals surface area contributed by atoms with E-state index < -0.39 is 0 Å². The second-order valence-corrected chi connectivity index (χ2v) is 7.31. The number of amides is 1. The Morgan fingerprint density at radius 2 is 1.91 bits per heavy atom. The van der Waals surface area contributed by atoms with Gasteiger partial charge in [0.15, 0.2) is 5.13 Å². The van der Waals surface area contributed by atoms with Crippen LogP contribution >= 0.6 is 11.3 Å². The SMILES string of the molecule is CC(C)C(=O)N1CCN(c2nc(CN3CCOCC3)cs2)CC1. The first-order chi connectivity index (χ1) is 11.1. The van der Waals surface area contributed by atoms with Gasteiger partial charge in [-0.3, -0.25) is 9.69 Å². The molecule has 2 aliphatic heterocycles. The van der Waals surface area contributed by atoms with E-state index in [1.807, 2.05) is 18.7 Å². The molecule has 23 heavy (non-hydrogen) atoms. The average molecular weight is 338 g/mol. The zero-order valence-corrected chi connectivity index (χ0v) is 14.8. The monoisotopic (exact) mass is 338 g/mol. The van der Waals surface area contributed by atoms with E-state index in [9.17, 15) is 4.79 Å². The lowest BCUT2D eigenvalue weighted by Gasteiger charge is -2.35. The number of morpholine rings is 1. The highest BCUT2D eigenvalue weighted by Crippen LogP contribution is 2.23. The first kappa shape index (κ1) is 16.7. The summed E-state index contributed by atoms with van der Waals surface area (Å²) in [6.07, 6.45) is 0. The Balaban J connectivity index is 1.52. The Hall–Kier alpha value is -1.18. The number of thiazole rings is 1. The van der Waals surface area contributed by atoms with Crippen LogP contribution in [0.2, 0.25) is 0 Å². The van der Waals surface area contributed by atoms with Crippen LogP contribution in [0.4, 0.5) is 5.13 Å². The van der Waals surface area contributed by atoms with Crippen molar-refractivity contribution in [2.75, 3.05) is 57.4 Å². The van der Waals surface area contributed by atoms with Crippen molar-refractivity contribution in [3.05, 3.63) is 11.1 Å². The minimum Gasteiger partial charge on any atom is -0.379 e. The average Bonchev–Trinajstić information content (AvgIpc) is 3.03. The maximum absolute atomic E-state index is 12.0. The number of carbonyl (C=O) groups excluding carboxylic acids is 1. The van der Waals surface area contributed by atoms with Crippen molar-refractivity contribution in [1.82, 2.24) is 14.8 Å². The van der Waals surface area contributed by atoms with Gasteiger partial charge in [0, 0.05) is 57.1 Å². The summed E-state index contributed by atoms with van der Waals surface area (Å²) < 4.78 is 5.38. The number of aromatic nitrogens is 1. The van der Waals surface area contributed by atoms with E-state index in [4.69, 9.17) is 9.72 Å². The predicted molar refractivity (Wildman–Crippen MR) is 91.8 cm³/mol. The van der Waals surface area contributed by atoms with Gasteiger partial charge in [0.25, 0.3) is 0 Å². The second kappa shape index (κ2) is 7.59. The van der Waals surface area contributed by atoms with Crippen LogP contribution in [0.25, 0.3) is 0 Å². The molecule has 3 rings (SSSR count). The van der Waals surface area contributed by atoms with Crippen molar-refractivity contribution in [1.29, 1.82) is 0 Å². The molecule has 7 heteroatoms. The van der Waals surface area contributed by atoms with Crippen LogP contribution < -0.4 is 4.90 Å². The van der Waals surface area contributed by atoms with Gasteiger partial charge >= 0.3 is 0 Å². The summed E-state index contributed by atoms with van der Waals surface area (Å²) >= 11 is 1.71. The Kier molecular flexibility index (Phi) is 5.50. The maximum atomic E-state index is 12.0. The summed E-state index contributed by atoms with van der Waals surface area (Å²) in [5.41, 5.74) is 1.15. The third-order valence-electron chi connectivity index (χ3n) is 4.38. The number of ether oxygens (including phenoxy) is 1. The molecule has 3 heterocycles. The zero-order valence-electron chi connectivity index (χ0n) is 14.0. The number of hydrogen-bond acceptors (Lipinski definition) is 6. The molecule has 0 aromatic carbocycles. The Bertz CT molecular complexity index is 520. The third-order valence-corrected chi connectivity index (χ3v) is 5.33. The second-order valence-electron chi connectivity index (χ2n) is 6.48. The fourth-order valence-electron chi connectivity index (χ4n) is 2.99. The smallest absolute Gasteiger partial charge is 0.225 e. The Morgan fingerprint density at radius 1 is 1.22 bits per heavy atom. The van der Waals surface area contributed by atoms with Crippen molar-refractivity contribution in [2.24, 2.45) is 5.92 Å². The molecule has 1 aromatic heterocycles. The number of carbonyl (C=O) groups is 1. The predicted octanol–water partition coefficient (Wildman–Crippen LogP) is 1.28. The number of piperazine rings is 1. The topological polar surface area (TPSA) is 48.9 Å². The first-order valence-corrected chi connectivity index (χ1v) is 9.29. The van der Waals surface area contributed by atoms with Gasteiger partial charge in [-0.15, -0.1) is 11.3 Å². The minimum absolute atomic E-state index is 0.0848. The lowest BCUT2D eigenvalue weighted by molar-refractivity contribution is -0.134. The van der Waals surface area contributed by atoms with Gasteiger partial charge in [-0.2, -0.15) is 0 Å². The van der Waals surface area contributed by atoms with Gasteiger partial charge in [-0.1, -0.05) is 13.8 Å². The molecule has 0 spiro atoms. The molecule has 1 amide bonds. The highest BCUT2D eigenvalue weighted by Gasteiger charge is 2.24. The highest BCUT2D eigenvalue weighted by molar-refractivity contribution is 7.13. The summed E-state index contributed by atoms with van der Waals surface area (Å²) in [6, 6.07) is 0. The van der Waals surface area contributed by atoms with Crippen molar-refractivity contribution >= 4 is 22.4 Å². The van der Waals surface area contributed by atoms with E-state index in [1.54, 1.807) is 11.3 Å². The van der Waals surface area contributed by atoms with Crippen molar-refractivity contribution in [3.63, 3.8) is 0 Å². The largest absolute Gasteiger partial charge is 0.379 e. The summed E-state index contributed by atoms with van der Waals surface area (Å²) in [7, 11) is 0. The van der Waals surface area contributed by atoms with Gasteiger partial charge in [-0.25, -0.2) is 4.98 Å². The lowest BCUT2D eigenvalue weighted by Crippen LogP contribution is -2.49. The molecular formula is C16H26N4O2S. The number of hydrogen-bond donors (Lipinski definition) is 0. The van der Waals surface area contributed by atoms with Crippen LogP contribution in [-0.4, -0.2) is 73.2 Å². The molecule has 1 aromatic rings. The van der Waals surface area contributed by atoms with E-state index in [-0.39, 0.29) is 11.8 Å². The van der Waals surface area contributed by atoms with Crippen molar-refractivity contribution in [3.8, 4) is 0 Å². The number of rotatable bonds is 4. The normalized spacial score (nSPS) is 20.3. The molecule has 0 atom stereocenters.